The molecule has 1 rings (SSSR count). The molecule has 96 valence electrons. The maximum absolute atomic E-state index is 10.3. The molecule has 0 unspecified atom stereocenters. The first-order chi connectivity index (χ1) is 7.97. The minimum Gasteiger partial charge on any atom is -0.303 e. The van der Waals surface area contributed by atoms with E-state index in [-0.39, 0.29) is 19.8 Å². The largest absolute Gasteiger partial charge is 0.469 e. The average molecular weight is 262 g/mol. The van der Waals surface area contributed by atoms with Crippen molar-refractivity contribution in [3.63, 3.8) is 0 Å². The third-order valence-electron chi connectivity index (χ3n) is 1.86. The summed E-state index contributed by atoms with van der Waals surface area (Å²) in [6, 6.07) is 7.72. The van der Waals surface area contributed by atoms with Gasteiger partial charge in [0.05, 0.1) is 6.61 Å². The highest BCUT2D eigenvalue weighted by Gasteiger charge is 2.12. The summed E-state index contributed by atoms with van der Waals surface area (Å²) < 4.78 is 14.5. The summed E-state index contributed by atoms with van der Waals surface area (Å²) >= 11 is 0. The molecule has 0 saturated carbocycles. The first kappa shape index (κ1) is 14.3. The number of rotatable bonds is 7. The molecule has 2 N–H and O–H groups in total. The summed E-state index contributed by atoms with van der Waals surface area (Å²) in [4.78, 5) is 26.3. The molecule has 0 amide bonds. The van der Waals surface area contributed by atoms with E-state index < -0.39 is 7.82 Å². The third kappa shape index (κ3) is 7.23. The molecule has 0 spiro atoms. The standard InChI is InChI=1S/C10H15O6P/c1-9-2-4-10(5-3-9)8-15-14-6-7-16-17(11,12)13/h2-5H,6-8H2,1H3,(H2,11,12,13). The third-order valence-corrected chi connectivity index (χ3v) is 2.37. The molecule has 0 bridgehead atoms. The highest BCUT2D eigenvalue weighted by Crippen LogP contribution is 2.35. The van der Waals surface area contributed by atoms with Gasteiger partial charge in [0, 0.05) is 0 Å². The molecule has 7 heteroatoms. The van der Waals surface area contributed by atoms with E-state index in [9.17, 15) is 4.57 Å². The molecule has 0 aliphatic heterocycles. The van der Waals surface area contributed by atoms with Gasteiger partial charge in [0.15, 0.2) is 0 Å². The zero-order valence-corrected chi connectivity index (χ0v) is 10.3. The van der Waals surface area contributed by atoms with Gasteiger partial charge in [-0.1, -0.05) is 29.8 Å². The van der Waals surface area contributed by atoms with Gasteiger partial charge in [-0.05, 0) is 12.5 Å². The van der Waals surface area contributed by atoms with Crippen molar-refractivity contribution in [1.29, 1.82) is 0 Å². The van der Waals surface area contributed by atoms with E-state index in [0.717, 1.165) is 11.1 Å². The Kier molecular flexibility index (Phi) is 5.77. The van der Waals surface area contributed by atoms with Gasteiger partial charge < -0.3 is 9.79 Å². The van der Waals surface area contributed by atoms with Crippen LogP contribution in [0.4, 0.5) is 0 Å². The van der Waals surface area contributed by atoms with E-state index in [1.165, 1.54) is 0 Å². The lowest BCUT2D eigenvalue weighted by Gasteiger charge is -2.06. The Hall–Kier alpha value is -0.750. The maximum atomic E-state index is 10.3. The number of phosphoric acid groups is 1. The van der Waals surface area contributed by atoms with Crippen molar-refractivity contribution >= 4 is 7.82 Å². The number of aryl methyl sites for hydroxylation is 1. The monoisotopic (exact) mass is 262 g/mol. The predicted octanol–water partition coefficient (Wildman–Crippen LogP) is 1.55. The number of hydrogen-bond acceptors (Lipinski definition) is 4. The summed E-state index contributed by atoms with van der Waals surface area (Å²) in [6.07, 6.45) is 0. The minimum absolute atomic E-state index is 0.0447. The van der Waals surface area contributed by atoms with E-state index in [4.69, 9.17) is 19.6 Å². The normalized spacial score (nSPS) is 11.7. The highest BCUT2D eigenvalue weighted by atomic mass is 31.2. The summed E-state index contributed by atoms with van der Waals surface area (Å²) in [6.45, 7) is 1.99. The summed E-state index contributed by atoms with van der Waals surface area (Å²) in [7, 11) is -4.41. The van der Waals surface area contributed by atoms with Crippen molar-refractivity contribution in [2.75, 3.05) is 13.2 Å². The molecule has 1 aromatic rings. The number of benzene rings is 1. The zero-order chi connectivity index (χ0) is 12.7. The van der Waals surface area contributed by atoms with Gasteiger partial charge in [-0.3, -0.25) is 4.52 Å². The van der Waals surface area contributed by atoms with Crippen LogP contribution in [0.1, 0.15) is 11.1 Å². The van der Waals surface area contributed by atoms with Crippen molar-refractivity contribution in [3.05, 3.63) is 35.4 Å². The van der Waals surface area contributed by atoms with Crippen LogP contribution in [0.3, 0.4) is 0 Å². The van der Waals surface area contributed by atoms with E-state index in [2.05, 4.69) is 4.52 Å². The smallest absolute Gasteiger partial charge is 0.303 e. The Bertz CT molecular complexity index is 371. The fraction of sp³-hybridized carbons (Fsp3) is 0.400. The van der Waals surface area contributed by atoms with Crippen molar-refractivity contribution in [2.24, 2.45) is 0 Å². The van der Waals surface area contributed by atoms with Gasteiger partial charge in [0.25, 0.3) is 0 Å². The summed E-state index contributed by atoms with van der Waals surface area (Å²) in [5.41, 5.74) is 2.11. The minimum atomic E-state index is -4.41. The van der Waals surface area contributed by atoms with Crippen LogP contribution >= 0.6 is 7.82 Å². The second-order valence-corrected chi connectivity index (χ2v) is 4.63. The Morgan fingerprint density at radius 1 is 1.12 bits per heavy atom. The quantitative estimate of drug-likeness (QED) is 0.335. The van der Waals surface area contributed by atoms with Gasteiger partial charge in [0.2, 0.25) is 0 Å². The molecule has 1 aromatic carbocycles. The van der Waals surface area contributed by atoms with E-state index >= 15 is 0 Å². The number of hydrogen-bond donors (Lipinski definition) is 2. The lowest BCUT2D eigenvalue weighted by molar-refractivity contribution is -0.306. The molecule has 0 aromatic heterocycles. The Morgan fingerprint density at radius 2 is 1.76 bits per heavy atom. The molecule has 0 heterocycles. The van der Waals surface area contributed by atoms with Gasteiger partial charge in [-0.25, -0.2) is 14.3 Å². The van der Waals surface area contributed by atoms with Crippen LogP contribution in [0.2, 0.25) is 0 Å². The second-order valence-electron chi connectivity index (χ2n) is 3.39. The van der Waals surface area contributed by atoms with Crippen molar-refractivity contribution in [3.8, 4) is 0 Å². The van der Waals surface area contributed by atoms with Crippen LogP contribution in [0.25, 0.3) is 0 Å². The predicted molar refractivity (Wildman–Crippen MR) is 59.9 cm³/mol. The molecule has 0 aliphatic rings. The lowest BCUT2D eigenvalue weighted by Crippen LogP contribution is -2.04. The number of phosphoric ester groups is 1. The zero-order valence-electron chi connectivity index (χ0n) is 9.41. The fourth-order valence-electron chi connectivity index (χ4n) is 1.04. The highest BCUT2D eigenvalue weighted by molar-refractivity contribution is 7.46. The molecule has 0 saturated heterocycles. The Labute approximate surface area is 99.3 Å². The molecule has 0 aliphatic carbocycles. The molecular weight excluding hydrogens is 247 g/mol. The van der Waals surface area contributed by atoms with Crippen molar-refractivity contribution < 1.29 is 28.7 Å². The van der Waals surface area contributed by atoms with Crippen molar-refractivity contribution in [1.82, 2.24) is 0 Å². The topological polar surface area (TPSA) is 85.2 Å². The van der Waals surface area contributed by atoms with E-state index in [1.54, 1.807) is 0 Å². The molecule has 6 nitrogen and oxygen atoms in total. The van der Waals surface area contributed by atoms with E-state index in [1.807, 2.05) is 31.2 Å². The van der Waals surface area contributed by atoms with Gasteiger partial charge in [-0.2, -0.15) is 0 Å². The first-order valence-corrected chi connectivity index (χ1v) is 6.50. The molecule has 0 atom stereocenters. The second kappa shape index (κ2) is 6.86. The van der Waals surface area contributed by atoms with Gasteiger partial charge >= 0.3 is 7.82 Å². The van der Waals surface area contributed by atoms with Crippen molar-refractivity contribution in [2.45, 2.75) is 13.5 Å². The molecule has 0 radical (unpaired) electrons. The first-order valence-electron chi connectivity index (χ1n) is 4.97. The van der Waals surface area contributed by atoms with Gasteiger partial charge in [0.1, 0.15) is 13.2 Å². The maximum Gasteiger partial charge on any atom is 0.469 e. The van der Waals surface area contributed by atoms with Crippen LogP contribution in [-0.4, -0.2) is 23.0 Å². The van der Waals surface area contributed by atoms with Crippen LogP contribution < -0.4 is 0 Å². The van der Waals surface area contributed by atoms with E-state index in [0.29, 0.717) is 0 Å². The summed E-state index contributed by atoms with van der Waals surface area (Å²) in [5.74, 6) is 0. The van der Waals surface area contributed by atoms with Gasteiger partial charge in [-0.15, -0.1) is 0 Å². The van der Waals surface area contributed by atoms with Crippen LogP contribution in [0.15, 0.2) is 24.3 Å². The molecule has 17 heavy (non-hydrogen) atoms. The average Bonchev–Trinajstić information content (AvgIpc) is 2.24. The Morgan fingerprint density at radius 3 is 2.35 bits per heavy atom. The lowest BCUT2D eigenvalue weighted by atomic mass is 10.2. The molecule has 0 fully saturated rings. The molecular formula is C10H15O6P. The Balaban J connectivity index is 2.08. The summed E-state index contributed by atoms with van der Waals surface area (Å²) in [5, 5.41) is 0. The van der Waals surface area contributed by atoms with Crippen LogP contribution in [-0.2, 0) is 25.5 Å². The fourth-order valence-corrected chi connectivity index (χ4v) is 1.36. The SMILES string of the molecule is Cc1ccc(COOCCOP(=O)(O)O)cc1. The van der Waals surface area contributed by atoms with Crippen LogP contribution in [0, 0.1) is 6.92 Å². The van der Waals surface area contributed by atoms with Crippen LogP contribution in [0.5, 0.6) is 0 Å².